The van der Waals surface area contributed by atoms with Crippen LogP contribution in [0.15, 0.2) is 36.4 Å². The van der Waals surface area contributed by atoms with Gasteiger partial charge in [0.2, 0.25) is 0 Å². The Balaban J connectivity index is 2.42. The largest absolute Gasteiger partial charge is 0.313 e. The number of benzene rings is 2. The Morgan fingerprint density at radius 2 is 1.89 bits per heavy atom. The molecule has 0 heterocycles. The van der Waals surface area contributed by atoms with Crippen molar-refractivity contribution in [2.24, 2.45) is 0 Å². The molecule has 0 unspecified atom stereocenters. The van der Waals surface area contributed by atoms with Crippen LogP contribution < -0.4 is 5.32 Å². The van der Waals surface area contributed by atoms with Gasteiger partial charge in [0.05, 0.1) is 5.02 Å². The van der Waals surface area contributed by atoms with Gasteiger partial charge in [-0.3, -0.25) is 0 Å². The molecule has 1 nitrogen and oxygen atoms in total. The summed E-state index contributed by atoms with van der Waals surface area (Å²) in [4.78, 5) is 0. The van der Waals surface area contributed by atoms with E-state index in [1.807, 2.05) is 6.92 Å². The lowest BCUT2D eigenvalue weighted by molar-refractivity contribution is 0.628. The summed E-state index contributed by atoms with van der Waals surface area (Å²) in [5, 5.41) is 3.74. The maximum atomic E-state index is 13.1. The van der Waals surface area contributed by atoms with Crippen molar-refractivity contribution in [1.82, 2.24) is 5.32 Å². The zero-order valence-electron chi connectivity index (χ0n) is 11.1. The van der Waals surface area contributed by atoms with E-state index in [0.29, 0.717) is 5.02 Å². The number of rotatable bonds is 4. The van der Waals surface area contributed by atoms with Crippen LogP contribution in [0.2, 0.25) is 5.02 Å². The van der Waals surface area contributed by atoms with Crippen LogP contribution in [0.1, 0.15) is 18.1 Å². The van der Waals surface area contributed by atoms with Crippen LogP contribution in [0.25, 0.3) is 11.1 Å². The molecule has 0 saturated heterocycles. The van der Waals surface area contributed by atoms with Gasteiger partial charge < -0.3 is 5.32 Å². The molecule has 3 heteroatoms. The second kappa shape index (κ2) is 6.18. The highest BCUT2D eigenvalue weighted by Crippen LogP contribution is 2.31. The predicted molar refractivity (Wildman–Crippen MR) is 79.0 cm³/mol. The predicted octanol–water partition coefficient (Wildman–Crippen LogP) is 4.56. The van der Waals surface area contributed by atoms with Crippen molar-refractivity contribution in [3.63, 3.8) is 0 Å². The van der Waals surface area contributed by atoms with E-state index < -0.39 is 0 Å². The van der Waals surface area contributed by atoms with Crippen LogP contribution in [0.3, 0.4) is 0 Å². The summed E-state index contributed by atoms with van der Waals surface area (Å²) in [7, 11) is 0. The molecule has 0 saturated carbocycles. The summed E-state index contributed by atoms with van der Waals surface area (Å²) in [6.07, 6.45) is 0. The van der Waals surface area contributed by atoms with Gasteiger partial charge in [0.15, 0.2) is 0 Å². The Morgan fingerprint density at radius 3 is 2.58 bits per heavy atom. The normalized spacial score (nSPS) is 10.7. The fraction of sp³-hybridized carbons (Fsp3) is 0.250. The third kappa shape index (κ3) is 3.34. The highest BCUT2D eigenvalue weighted by molar-refractivity contribution is 6.33. The average molecular weight is 278 g/mol. The lowest BCUT2D eigenvalue weighted by Crippen LogP contribution is -2.11. The van der Waals surface area contributed by atoms with E-state index in [1.165, 1.54) is 17.7 Å². The molecule has 0 amide bonds. The van der Waals surface area contributed by atoms with E-state index >= 15 is 0 Å². The second-order valence-electron chi connectivity index (χ2n) is 4.55. The number of hydrogen-bond donors (Lipinski definition) is 1. The van der Waals surface area contributed by atoms with Crippen LogP contribution in [0.5, 0.6) is 0 Å². The minimum absolute atomic E-state index is 0.310. The Labute approximate surface area is 118 Å². The molecule has 0 bridgehead atoms. The van der Waals surface area contributed by atoms with Gasteiger partial charge in [-0.25, -0.2) is 4.39 Å². The second-order valence-corrected chi connectivity index (χ2v) is 4.96. The number of halogens is 2. The molecule has 1 N–H and O–H groups in total. The van der Waals surface area contributed by atoms with Gasteiger partial charge in [-0.1, -0.05) is 30.7 Å². The average Bonchev–Trinajstić information content (AvgIpc) is 2.38. The van der Waals surface area contributed by atoms with Crippen molar-refractivity contribution in [2.75, 3.05) is 6.54 Å². The van der Waals surface area contributed by atoms with Gasteiger partial charge in [0.1, 0.15) is 5.82 Å². The van der Waals surface area contributed by atoms with Crippen LogP contribution in [-0.4, -0.2) is 6.54 Å². The zero-order chi connectivity index (χ0) is 13.8. The standard InChI is InChI=1S/C16H17ClFN/c1-3-19-10-12-5-4-11(2)15(8-12)14-7-6-13(18)9-16(14)17/h4-9,19H,3,10H2,1-2H3. The first kappa shape index (κ1) is 14.0. The Hall–Kier alpha value is -1.38. The minimum atomic E-state index is -0.310. The van der Waals surface area contributed by atoms with Gasteiger partial charge in [-0.2, -0.15) is 0 Å². The molecular formula is C16H17ClFN. The molecule has 100 valence electrons. The zero-order valence-corrected chi connectivity index (χ0v) is 11.9. The summed E-state index contributed by atoms with van der Waals surface area (Å²) in [5.74, 6) is -0.310. The van der Waals surface area contributed by atoms with E-state index in [2.05, 4.69) is 30.4 Å². The van der Waals surface area contributed by atoms with Crippen molar-refractivity contribution in [3.8, 4) is 11.1 Å². The summed E-state index contributed by atoms with van der Waals surface area (Å²) in [6, 6.07) is 10.8. The smallest absolute Gasteiger partial charge is 0.124 e. The molecule has 19 heavy (non-hydrogen) atoms. The number of hydrogen-bond acceptors (Lipinski definition) is 1. The molecule has 0 aliphatic heterocycles. The lowest BCUT2D eigenvalue weighted by Gasteiger charge is -2.11. The first-order chi connectivity index (χ1) is 9.11. The molecule has 0 aliphatic rings. The molecule has 0 atom stereocenters. The van der Waals surface area contributed by atoms with Crippen LogP contribution in [0.4, 0.5) is 4.39 Å². The van der Waals surface area contributed by atoms with Gasteiger partial charge in [-0.05, 0) is 54.4 Å². The highest BCUT2D eigenvalue weighted by atomic mass is 35.5. The summed E-state index contributed by atoms with van der Waals surface area (Å²) in [5.41, 5.74) is 4.26. The molecule has 2 rings (SSSR count). The minimum Gasteiger partial charge on any atom is -0.313 e. The lowest BCUT2D eigenvalue weighted by atomic mass is 9.98. The highest BCUT2D eigenvalue weighted by Gasteiger charge is 2.08. The summed E-state index contributed by atoms with van der Waals surface area (Å²) < 4.78 is 13.1. The molecule has 0 spiro atoms. The fourth-order valence-electron chi connectivity index (χ4n) is 2.05. The molecule has 0 radical (unpaired) electrons. The molecule has 0 aromatic heterocycles. The first-order valence-electron chi connectivity index (χ1n) is 6.37. The SMILES string of the molecule is CCNCc1ccc(C)c(-c2ccc(F)cc2Cl)c1. The number of aryl methyl sites for hydroxylation is 1. The quantitative estimate of drug-likeness (QED) is 0.864. The molecule has 0 fully saturated rings. The van der Waals surface area contributed by atoms with Crippen molar-refractivity contribution in [3.05, 3.63) is 58.4 Å². The van der Waals surface area contributed by atoms with Crippen LogP contribution in [0, 0.1) is 12.7 Å². The first-order valence-corrected chi connectivity index (χ1v) is 6.75. The molecular weight excluding hydrogens is 261 g/mol. The Kier molecular flexibility index (Phi) is 4.56. The van der Waals surface area contributed by atoms with E-state index in [1.54, 1.807) is 6.07 Å². The molecule has 2 aromatic carbocycles. The van der Waals surface area contributed by atoms with Crippen molar-refractivity contribution >= 4 is 11.6 Å². The monoisotopic (exact) mass is 277 g/mol. The fourth-order valence-corrected chi connectivity index (χ4v) is 2.32. The van der Waals surface area contributed by atoms with Crippen LogP contribution >= 0.6 is 11.6 Å². The van der Waals surface area contributed by atoms with E-state index in [4.69, 9.17) is 11.6 Å². The van der Waals surface area contributed by atoms with E-state index in [9.17, 15) is 4.39 Å². The topological polar surface area (TPSA) is 12.0 Å². The maximum absolute atomic E-state index is 13.1. The van der Waals surface area contributed by atoms with Gasteiger partial charge >= 0.3 is 0 Å². The molecule has 2 aromatic rings. The third-order valence-corrected chi connectivity index (χ3v) is 3.42. The maximum Gasteiger partial charge on any atom is 0.124 e. The van der Waals surface area contributed by atoms with Crippen molar-refractivity contribution in [1.29, 1.82) is 0 Å². The van der Waals surface area contributed by atoms with Crippen molar-refractivity contribution in [2.45, 2.75) is 20.4 Å². The summed E-state index contributed by atoms with van der Waals surface area (Å²) in [6.45, 7) is 5.86. The van der Waals surface area contributed by atoms with Crippen LogP contribution in [-0.2, 0) is 6.54 Å². The molecule has 0 aliphatic carbocycles. The summed E-state index contributed by atoms with van der Waals surface area (Å²) >= 11 is 6.14. The number of nitrogens with one attached hydrogen (secondary N) is 1. The van der Waals surface area contributed by atoms with Gasteiger partial charge in [0, 0.05) is 12.1 Å². The van der Waals surface area contributed by atoms with Gasteiger partial charge in [-0.15, -0.1) is 0 Å². The van der Waals surface area contributed by atoms with Gasteiger partial charge in [0.25, 0.3) is 0 Å². The Bertz CT molecular complexity index is 581. The van der Waals surface area contributed by atoms with E-state index in [-0.39, 0.29) is 5.82 Å². The Morgan fingerprint density at radius 1 is 1.11 bits per heavy atom. The van der Waals surface area contributed by atoms with Crippen molar-refractivity contribution < 1.29 is 4.39 Å². The third-order valence-electron chi connectivity index (χ3n) is 3.10. The van der Waals surface area contributed by atoms with E-state index in [0.717, 1.165) is 29.8 Å².